The van der Waals surface area contributed by atoms with Crippen LogP contribution in [0.2, 0.25) is 5.02 Å². The molecular formula is C20H19ClN2O2S. The molecule has 0 aliphatic carbocycles. The van der Waals surface area contributed by atoms with E-state index in [0.29, 0.717) is 10.2 Å². The van der Waals surface area contributed by atoms with E-state index in [0.717, 1.165) is 33.7 Å². The van der Waals surface area contributed by atoms with E-state index in [9.17, 15) is 4.79 Å². The number of aromatic nitrogens is 1. The van der Waals surface area contributed by atoms with Gasteiger partial charge in [-0.3, -0.25) is 10.1 Å². The second-order valence-electron chi connectivity index (χ2n) is 6.01. The predicted octanol–water partition coefficient (Wildman–Crippen LogP) is 5.41. The van der Waals surface area contributed by atoms with Crippen molar-refractivity contribution in [1.82, 2.24) is 4.98 Å². The maximum Gasteiger partial charge on any atom is 0.264 e. The number of carbonyl (C=O) groups is 1. The van der Waals surface area contributed by atoms with Crippen molar-refractivity contribution in [3.05, 3.63) is 63.5 Å². The average Bonchev–Trinajstić information content (AvgIpc) is 3.07. The van der Waals surface area contributed by atoms with Crippen molar-refractivity contribution in [3.8, 4) is 17.0 Å². The smallest absolute Gasteiger partial charge is 0.264 e. The highest BCUT2D eigenvalue weighted by molar-refractivity contribution is 7.14. The summed E-state index contributed by atoms with van der Waals surface area (Å²) >= 11 is 7.55. The van der Waals surface area contributed by atoms with Crippen molar-refractivity contribution in [2.45, 2.75) is 20.8 Å². The molecule has 4 nitrogen and oxygen atoms in total. The average molecular weight is 387 g/mol. The summed E-state index contributed by atoms with van der Waals surface area (Å²) in [5, 5.41) is 5.79. The molecule has 2 aromatic carbocycles. The first-order valence-corrected chi connectivity index (χ1v) is 9.41. The van der Waals surface area contributed by atoms with Crippen molar-refractivity contribution in [1.29, 1.82) is 0 Å². The first-order chi connectivity index (χ1) is 12.5. The molecule has 0 unspecified atom stereocenters. The van der Waals surface area contributed by atoms with Crippen LogP contribution in [0.5, 0.6) is 5.75 Å². The Labute approximate surface area is 161 Å². The number of thiazole rings is 1. The molecule has 3 aromatic rings. The molecular weight excluding hydrogens is 368 g/mol. The minimum Gasteiger partial charge on any atom is -0.483 e. The molecule has 0 radical (unpaired) electrons. The number of halogens is 1. The Morgan fingerprint density at radius 1 is 1.15 bits per heavy atom. The SMILES string of the molecule is Cc1ccc(C)c(OCC(=O)Nc2nc(-c3ccccc3Cl)cs2)c1C. The predicted molar refractivity (Wildman–Crippen MR) is 107 cm³/mol. The fourth-order valence-electron chi connectivity index (χ4n) is 2.56. The van der Waals surface area contributed by atoms with E-state index in [1.807, 2.05) is 62.5 Å². The van der Waals surface area contributed by atoms with E-state index in [1.54, 1.807) is 0 Å². The molecule has 0 aliphatic heterocycles. The van der Waals surface area contributed by atoms with E-state index in [-0.39, 0.29) is 12.5 Å². The Hall–Kier alpha value is -2.37. The van der Waals surface area contributed by atoms with Gasteiger partial charge < -0.3 is 4.74 Å². The molecule has 1 aromatic heterocycles. The second-order valence-corrected chi connectivity index (χ2v) is 7.27. The van der Waals surface area contributed by atoms with Crippen LogP contribution in [0.25, 0.3) is 11.3 Å². The van der Waals surface area contributed by atoms with Gasteiger partial charge in [0.2, 0.25) is 0 Å². The lowest BCUT2D eigenvalue weighted by atomic mass is 10.1. The maximum atomic E-state index is 12.2. The summed E-state index contributed by atoms with van der Waals surface area (Å²) in [4.78, 5) is 16.6. The number of hydrogen-bond donors (Lipinski definition) is 1. The largest absolute Gasteiger partial charge is 0.483 e. The monoisotopic (exact) mass is 386 g/mol. The lowest BCUT2D eigenvalue weighted by molar-refractivity contribution is -0.118. The summed E-state index contributed by atoms with van der Waals surface area (Å²) in [6, 6.07) is 11.5. The van der Waals surface area contributed by atoms with Crippen molar-refractivity contribution in [2.24, 2.45) is 0 Å². The van der Waals surface area contributed by atoms with Gasteiger partial charge in [0.25, 0.3) is 5.91 Å². The Morgan fingerprint density at radius 3 is 2.65 bits per heavy atom. The molecule has 0 atom stereocenters. The summed E-state index contributed by atoms with van der Waals surface area (Å²) in [5.41, 5.74) is 4.77. The minimum absolute atomic E-state index is 0.0634. The third-order valence-corrected chi connectivity index (χ3v) is 5.21. The number of aryl methyl sites for hydroxylation is 2. The zero-order valence-corrected chi connectivity index (χ0v) is 16.4. The molecule has 0 saturated heterocycles. The highest BCUT2D eigenvalue weighted by Crippen LogP contribution is 2.30. The van der Waals surface area contributed by atoms with Gasteiger partial charge in [0.15, 0.2) is 11.7 Å². The Kier molecular flexibility index (Phi) is 5.59. The van der Waals surface area contributed by atoms with Gasteiger partial charge in [-0.05, 0) is 43.5 Å². The summed E-state index contributed by atoms with van der Waals surface area (Å²) in [6.45, 7) is 5.92. The highest BCUT2D eigenvalue weighted by atomic mass is 35.5. The lowest BCUT2D eigenvalue weighted by Gasteiger charge is -2.13. The number of rotatable bonds is 5. The van der Waals surface area contributed by atoms with Gasteiger partial charge in [0.05, 0.1) is 5.69 Å². The number of amides is 1. The van der Waals surface area contributed by atoms with Crippen LogP contribution in [-0.2, 0) is 4.79 Å². The molecule has 0 fully saturated rings. The van der Waals surface area contributed by atoms with Crippen LogP contribution in [0.4, 0.5) is 5.13 Å². The van der Waals surface area contributed by atoms with Gasteiger partial charge in [-0.25, -0.2) is 4.98 Å². The third kappa shape index (κ3) is 4.06. The van der Waals surface area contributed by atoms with E-state index in [2.05, 4.69) is 10.3 Å². The summed E-state index contributed by atoms with van der Waals surface area (Å²) in [5.74, 6) is 0.515. The van der Waals surface area contributed by atoms with Crippen LogP contribution in [0.3, 0.4) is 0 Å². The quantitative estimate of drug-likeness (QED) is 0.638. The van der Waals surface area contributed by atoms with Gasteiger partial charge in [-0.1, -0.05) is 41.9 Å². The van der Waals surface area contributed by atoms with E-state index in [4.69, 9.17) is 16.3 Å². The van der Waals surface area contributed by atoms with Gasteiger partial charge in [0.1, 0.15) is 5.75 Å². The van der Waals surface area contributed by atoms with Crippen molar-refractivity contribution < 1.29 is 9.53 Å². The molecule has 0 aliphatic rings. The molecule has 26 heavy (non-hydrogen) atoms. The number of ether oxygens (including phenoxy) is 1. The number of carbonyl (C=O) groups excluding carboxylic acids is 1. The Morgan fingerprint density at radius 2 is 1.88 bits per heavy atom. The van der Waals surface area contributed by atoms with Crippen molar-refractivity contribution in [2.75, 3.05) is 11.9 Å². The summed E-state index contributed by atoms with van der Waals surface area (Å²) in [7, 11) is 0. The molecule has 1 amide bonds. The van der Waals surface area contributed by atoms with Gasteiger partial charge in [-0.2, -0.15) is 0 Å². The van der Waals surface area contributed by atoms with Crippen LogP contribution in [0.15, 0.2) is 41.8 Å². The van der Waals surface area contributed by atoms with E-state index >= 15 is 0 Å². The number of nitrogens with zero attached hydrogens (tertiary/aromatic N) is 1. The fourth-order valence-corrected chi connectivity index (χ4v) is 3.52. The normalized spacial score (nSPS) is 10.6. The van der Waals surface area contributed by atoms with Crippen LogP contribution >= 0.6 is 22.9 Å². The fraction of sp³-hybridized carbons (Fsp3) is 0.200. The molecule has 6 heteroatoms. The summed E-state index contributed by atoms with van der Waals surface area (Å²) in [6.07, 6.45) is 0. The first-order valence-electron chi connectivity index (χ1n) is 8.15. The van der Waals surface area contributed by atoms with Crippen molar-refractivity contribution >= 4 is 34.0 Å². The Bertz CT molecular complexity index is 953. The van der Waals surface area contributed by atoms with Crippen LogP contribution < -0.4 is 10.1 Å². The molecule has 3 rings (SSSR count). The lowest BCUT2D eigenvalue weighted by Crippen LogP contribution is -2.20. The number of hydrogen-bond acceptors (Lipinski definition) is 4. The van der Waals surface area contributed by atoms with Crippen molar-refractivity contribution in [3.63, 3.8) is 0 Å². The maximum absolute atomic E-state index is 12.2. The second kappa shape index (κ2) is 7.89. The van der Waals surface area contributed by atoms with E-state index < -0.39 is 0 Å². The molecule has 1 heterocycles. The molecule has 0 saturated carbocycles. The first kappa shape index (κ1) is 18.4. The molecule has 0 bridgehead atoms. The highest BCUT2D eigenvalue weighted by Gasteiger charge is 2.12. The number of benzene rings is 2. The van der Waals surface area contributed by atoms with E-state index in [1.165, 1.54) is 11.3 Å². The van der Waals surface area contributed by atoms with Crippen LogP contribution in [0.1, 0.15) is 16.7 Å². The topological polar surface area (TPSA) is 51.2 Å². The van der Waals surface area contributed by atoms with Crippen LogP contribution in [-0.4, -0.2) is 17.5 Å². The zero-order valence-electron chi connectivity index (χ0n) is 14.8. The number of nitrogens with one attached hydrogen (secondary N) is 1. The minimum atomic E-state index is -0.245. The Balaban J connectivity index is 1.65. The zero-order chi connectivity index (χ0) is 18.7. The van der Waals surface area contributed by atoms with Gasteiger partial charge in [0, 0.05) is 16.0 Å². The van der Waals surface area contributed by atoms with Gasteiger partial charge >= 0.3 is 0 Å². The molecule has 134 valence electrons. The third-order valence-electron chi connectivity index (χ3n) is 4.12. The van der Waals surface area contributed by atoms with Crippen LogP contribution in [0, 0.1) is 20.8 Å². The van der Waals surface area contributed by atoms with Gasteiger partial charge in [-0.15, -0.1) is 11.3 Å². The molecule has 1 N–H and O–H groups in total. The standard InChI is InChI=1S/C20H19ClN2O2S/c1-12-8-9-13(2)19(14(12)3)25-10-18(24)23-20-22-17(11-26-20)15-6-4-5-7-16(15)21/h4-9,11H,10H2,1-3H3,(H,22,23,24). The number of anilines is 1. The molecule has 0 spiro atoms. The summed E-state index contributed by atoms with van der Waals surface area (Å²) < 4.78 is 5.74.